The van der Waals surface area contributed by atoms with Crippen molar-refractivity contribution in [3.05, 3.63) is 28.2 Å². The van der Waals surface area contributed by atoms with Crippen LogP contribution >= 0.6 is 15.9 Å². The number of hydrogen-bond acceptors (Lipinski definition) is 3. The van der Waals surface area contributed by atoms with Crippen LogP contribution in [0.3, 0.4) is 0 Å². The highest BCUT2D eigenvalue weighted by atomic mass is 79.9. The fourth-order valence-corrected chi connectivity index (χ4v) is 1.74. The highest BCUT2D eigenvalue weighted by Gasteiger charge is 2.02. The molecule has 0 aliphatic rings. The van der Waals surface area contributed by atoms with Crippen LogP contribution in [-0.4, -0.2) is 26.2 Å². The van der Waals surface area contributed by atoms with Gasteiger partial charge in [-0.3, -0.25) is 10.4 Å². The molecule has 1 rings (SSSR count). The van der Waals surface area contributed by atoms with Crippen LogP contribution in [0.2, 0.25) is 0 Å². The molecule has 0 unspecified atom stereocenters. The van der Waals surface area contributed by atoms with Gasteiger partial charge >= 0.3 is 0 Å². The van der Waals surface area contributed by atoms with E-state index in [1.807, 2.05) is 25.1 Å². The fraction of sp³-hybridized carbons (Fsp3) is 0.417. The summed E-state index contributed by atoms with van der Waals surface area (Å²) in [5.74, 6) is 5.99. The second-order valence-corrected chi connectivity index (χ2v) is 4.72. The van der Waals surface area contributed by atoms with Crippen molar-refractivity contribution in [2.45, 2.75) is 13.3 Å². The maximum Gasteiger partial charge on any atom is 0.210 e. The van der Waals surface area contributed by atoms with E-state index in [1.165, 1.54) is 0 Å². The number of nitrogens with zero attached hydrogens (tertiary/aromatic N) is 1. The number of aryl methyl sites for hydroxylation is 1. The van der Waals surface area contributed by atoms with E-state index in [0.717, 1.165) is 22.1 Å². The van der Waals surface area contributed by atoms with Gasteiger partial charge in [0.05, 0.1) is 0 Å². The highest BCUT2D eigenvalue weighted by molar-refractivity contribution is 9.10. The van der Waals surface area contributed by atoms with Crippen LogP contribution in [0.5, 0.6) is 0 Å². The topological polar surface area (TPSA) is 71.7 Å². The molecule has 0 heterocycles. The average molecular weight is 315 g/mol. The van der Waals surface area contributed by atoms with Gasteiger partial charge in [-0.2, -0.15) is 0 Å². The number of methoxy groups -OCH3 is 1. The van der Waals surface area contributed by atoms with Crippen molar-refractivity contribution < 1.29 is 4.74 Å². The van der Waals surface area contributed by atoms with E-state index in [4.69, 9.17) is 10.6 Å². The number of nitrogens with one attached hydrogen (secondary N) is 2. The van der Waals surface area contributed by atoms with Gasteiger partial charge in [0.15, 0.2) is 0 Å². The molecule has 1 aromatic carbocycles. The molecule has 0 fully saturated rings. The molecule has 0 bridgehead atoms. The lowest BCUT2D eigenvalue weighted by Gasteiger charge is -2.12. The molecule has 0 saturated heterocycles. The molecule has 18 heavy (non-hydrogen) atoms. The summed E-state index contributed by atoms with van der Waals surface area (Å²) in [7, 11) is 1.68. The Balaban J connectivity index is 2.64. The smallest absolute Gasteiger partial charge is 0.210 e. The third-order valence-corrected chi connectivity index (χ3v) is 2.86. The number of halogens is 1. The van der Waals surface area contributed by atoms with Crippen molar-refractivity contribution in [1.82, 2.24) is 5.43 Å². The molecule has 0 aliphatic heterocycles. The number of guanidine groups is 1. The van der Waals surface area contributed by atoms with Gasteiger partial charge in [0.25, 0.3) is 0 Å². The van der Waals surface area contributed by atoms with Gasteiger partial charge in [0.1, 0.15) is 0 Å². The third-order valence-electron chi connectivity index (χ3n) is 2.37. The van der Waals surface area contributed by atoms with Gasteiger partial charge in [-0.05, 0) is 31.0 Å². The zero-order valence-corrected chi connectivity index (χ0v) is 12.3. The maximum absolute atomic E-state index is 5.44. The minimum absolute atomic E-state index is 0.548. The van der Waals surface area contributed by atoms with E-state index < -0.39 is 0 Å². The van der Waals surface area contributed by atoms with Crippen LogP contribution in [-0.2, 0) is 4.74 Å². The standard InChI is InChI=1S/C12H19BrN4O/c1-9-4-5-10(13)8-11(9)16-12(17-14)15-6-3-7-18-2/h4-5,8H,3,6-7,14H2,1-2H3,(H2,15,16,17). The van der Waals surface area contributed by atoms with Gasteiger partial charge in [-0.15, -0.1) is 0 Å². The highest BCUT2D eigenvalue weighted by Crippen LogP contribution is 2.20. The Morgan fingerprint density at radius 1 is 1.50 bits per heavy atom. The Hall–Kier alpha value is -1.11. The summed E-state index contributed by atoms with van der Waals surface area (Å²) in [6.45, 7) is 3.37. The number of aliphatic imine (C=N–C) groups is 1. The maximum atomic E-state index is 5.44. The van der Waals surface area contributed by atoms with Crippen molar-refractivity contribution in [2.24, 2.45) is 10.8 Å². The number of anilines is 1. The van der Waals surface area contributed by atoms with E-state index in [0.29, 0.717) is 19.1 Å². The predicted octanol–water partition coefficient (Wildman–Crippen LogP) is 2.03. The number of hydrogen-bond donors (Lipinski definition) is 3. The van der Waals surface area contributed by atoms with Crippen LogP contribution in [0.15, 0.2) is 27.7 Å². The molecule has 0 aliphatic carbocycles. The summed E-state index contributed by atoms with van der Waals surface area (Å²) < 4.78 is 5.97. The summed E-state index contributed by atoms with van der Waals surface area (Å²) >= 11 is 3.43. The number of benzene rings is 1. The Morgan fingerprint density at radius 3 is 2.94 bits per heavy atom. The van der Waals surface area contributed by atoms with E-state index in [9.17, 15) is 0 Å². The van der Waals surface area contributed by atoms with E-state index >= 15 is 0 Å². The quantitative estimate of drug-likeness (QED) is 0.256. The van der Waals surface area contributed by atoms with Crippen LogP contribution in [0.1, 0.15) is 12.0 Å². The van der Waals surface area contributed by atoms with Crippen LogP contribution in [0.25, 0.3) is 0 Å². The van der Waals surface area contributed by atoms with Crippen molar-refractivity contribution in [1.29, 1.82) is 0 Å². The zero-order chi connectivity index (χ0) is 13.4. The molecule has 5 nitrogen and oxygen atoms in total. The van der Waals surface area contributed by atoms with Crippen LogP contribution in [0, 0.1) is 6.92 Å². The lowest BCUT2D eigenvalue weighted by molar-refractivity contribution is 0.197. The van der Waals surface area contributed by atoms with Gasteiger partial charge in [0.2, 0.25) is 5.96 Å². The second kappa shape index (κ2) is 8.07. The van der Waals surface area contributed by atoms with E-state index in [-0.39, 0.29) is 0 Å². The van der Waals surface area contributed by atoms with Gasteiger partial charge < -0.3 is 10.1 Å². The second-order valence-electron chi connectivity index (χ2n) is 3.81. The van der Waals surface area contributed by atoms with Crippen molar-refractivity contribution in [2.75, 3.05) is 25.6 Å². The number of hydrazine groups is 1. The molecule has 4 N–H and O–H groups in total. The van der Waals surface area contributed by atoms with Gasteiger partial charge in [0, 0.05) is 30.4 Å². The molecule has 0 spiro atoms. The first-order valence-electron chi connectivity index (χ1n) is 5.70. The normalized spacial score (nSPS) is 11.4. The molecular formula is C12H19BrN4O. The predicted molar refractivity (Wildman–Crippen MR) is 78.6 cm³/mol. The molecule has 0 saturated carbocycles. The largest absolute Gasteiger partial charge is 0.385 e. The van der Waals surface area contributed by atoms with E-state index in [2.05, 4.69) is 31.7 Å². The Morgan fingerprint density at radius 2 is 2.28 bits per heavy atom. The number of ether oxygens (including phenoxy) is 1. The lowest BCUT2D eigenvalue weighted by atomic mass is 10.2. The molecule has 6 heteroatoms. The van der Waals surface area contributed by atoms with Gasteiger partial charge in [-0.1, -0.05) is 22.0 Å². The molecule has 1 aromatic rings. The molecule has 0 amide bonds. The molecular weight excluding hydrogens is 296 g/mol. The monoisotopic (exact) mass is 314 g/mol. The van der Waals surface area contributed by atoms with Gasteiger partial charge in [-0.25, -0.2) is 5.84 Å². The summed E-state index contributed by atoms with van der Waals surface area (Å²) in [6.07, 6.45) is 0.862. The summed E-state index contributed by atoms with van der Waals surface area (Å²) in [6, 6.07) is 5.99. The van der Waals surface area contributed by atoms with E-state index in [1.54, 1.807) is 7.11 Å². The SMILES string of the molecule is COCCCN=C(NN)Nc1cc(Br)ccc1C. The molecule has 100 valence electrons. The fourth-order valence-electron chi connectivity index (χ4n) is 1.38. The number of nitrogens with two attached hydrogens (primary N) is 1. The molecule has 0 atom stereocenters. The lowest BCUT2D eigenvalue weighted by Crippen LogP contribution is -2.36. The average Bonchev–Trinajstić information content (AvgIpc) is 2.37. The zero-order valence-electron chi connectivity index (χ0n) is 10.7. The van der Waals surface area contributed by atoms with Crippen molar-refractivity contribution >= 4 is 27.6 Å². The first-order chi connectivity index (χ1) is 8.67. The van der Waals surface area contributed by atoms with Crippen LogP contribution < -0.4 is 16.6 Å². The molecule has 0 radical (unpaired) electrons. The Kier molecular flexibility index (Phi) is 6.70. The Labute approximate surface area is 116 Å². The summed E-state index contributed by atoms with van der Waals surface area (Å²) in [5.41, 5.74) is 4.65. The summed E-state index contributed by atoms with van der Waals surface area (Å²) in [5, 5.41) is 3.16. The number of rotatable bonds is 5. The minimum atomic E-state index is 0.548. The first kappa shape index (κ1) is 14.9. The van der Waals surface area contributed by atoms with Crippen molar-refractivity contribution in [3.63, 3.8) is 0 Å². The summed E-state index contributed by atoms with van der Waals surface area (Å²) in [4.78, 5) is 4.32. The first-order valence-corrected chi connectivity index (χ1v) is 6.50. The molecule has 0 aromatic heterocycles. The Bertz CT molecular complexity index is 409. The van der Waals surface area contributed by atoms with Crippen molar-refractivity contribution in [3.8, 4) is 0 Å². The third kappa shape index (κ3) is 5.03. The minimum Gasteiger partial charge on any atom is -0.385 e. The van der Waals surface area contributed by atoms with Crippen LogP contribution in [0.4, 0.5) is 5.69 Å².